The van der Waals surface area contributed by atoms with Crippen LogP contribution < -0.4 is 10.3 Å². The van der Waals surface area contributed by atoms with Gasteiger partial charge in [0.05, 0.1) is 0 Å². The van der Waals surface area contributed by atoms with Crippen LogP contribution in [0.4, 0.5) is 0 Å². The van der Waals surface area contributed by atoms with Gasteiger partial charge in [0.1, 0.15) is 11.7 Å². The fourth-order valence-electron chi connectivity index (χ4n) is 1.93. The fraction of sp³-hybridized carbons (Fsp3) is 0.267. The second kappa shape index (κ2) is 9.82. The van der Waals surface area contributed by atoms with Gasteiger partial charge in [0.15, 0.2) is 0 Å². The molecule has 0 amide bonds. The zero-order chi connectivity index (χ0) is 15.4. The van der Waals surface area contributed by atoms with E-state index in [-0.39, 0.29) is 38.3 Å². The summed E-state index contributed by atoms with van der Waals surface area (Å²) in [4.78, 5) is 12.2. The Morgan fingerprint density at radius 3 is 2.77 bits per heavy atom. The first-order chi connectivity index (χ1) is 10.1. The molecule has 0 bridgehead atoms. The van der Waals surface area contributed by atoms with Crippen molar-refractivity contribution in [3.8, 4) is 17.0 Å². The number of benzene rings is 1. The van der Waals surface area contributed by atoms with Gasteiger partial charge >= 0.3 is 0 Å². The van der Waals surface area contributed by atoms with Crippen molar-refractivity contribution < 1.29 is 37.4 Å². The molecule has 0 aliphatic carbocycles. The topological polar surface area (TPSA) is 31.2 Å². The van der Waals surface area contributed by atoms with E-state index in [2.05, 4.69) is 22.0 Å². The van der Waals surface area contributed by atoms with E-state index >= 15 is 0 Å². The van der Waals surface area contributed by atoms with E-state index in [1.165, 1.54) is 0 Å². The van der Waals surface area contributed by atoms with Gasteiger partial charge in [-0.3, -0.25) is 4.79 Å². The molecule has 0 atom stereocenters. The summed E-state index contributed by atoms with van der Waals surface area (Å²) in [6.45, 7) is 2.57. The van der Waals surface area contributed by atoms with Crippen molar-refractivity contribution in [2.24, 2.45) is 0 Å². The van der Waals surface area contributed by atoms with Gasteiger partial charge in [0.2, 0.25) is 5.56 Å². The number of rotatable bonds is 5. The Bertz CT molecular complexity index is 708. The van der Waals surface area contributed by atoms with E-state index in [9.17, 15) is 4.79 Å². The number of hydrogen-bond acceptors (Lipinski definition) is 3. The average Bonchev–Trinajstić information content (AvgIpc) is 2.48. The minimum Gasteiger partial charge on any atom is -0.483 e. The Kier molecular flexibility index (Phi) is 9.23. The molecule has 0 N–H and O–H groups in total. The molecule has 0 saturated carbocycles. The molecule has 7 heteroatoms. The summed E-state index contributed by atoms with van der Waals surface area (Å²) < 4.78 is 8.87. The molecule has 3 nitrogen and oxygen atoms in total. The van der Waals surface area contributed by atoms with Crippen LogP contribution in [-0.4, -0.2) is 16.8 Å². The number of hydrogen-bond donors (Lipinski definition) is 0. The van der Waals surface area contributed by atoms with Crippen molar-refractivity contribution >= 4 is 50.3 Å². The van der Waals surface area contributed by atoms with Gasteiger partial charge in [0.25, 0.3) is 0 Å². The molecule has 1 aromatic heterocycles. The molecular weight excluding hydrogens is 554 g/mol. The molecule has 2 rings (SSSR count). The van der Waals surface area contributed by atoms with Crippen molar-refractivity contribution in [1.29, 1.82) is 0 Å². The normalized spacial score (nSPS) is 10.2. The Hall–Kier alpha value is 0.634. The van der Waals surface area contributed by atoms with Crippen LogP contribution in [0.2, 0.25) is 0 Å². The summed E-state index contributed by atoms with van der Waals surface area (Å²) in [6, 6.07) is 10.7. The molecule has 0 saturated heterocycles. The summed E-state index contributed by atoms with van der Waals surface area (Å²) >= 11 is 7.22. The van der Waals surface area contributed by atoms with Gasteiger partial charge in [-0.25, -0.2) is 0 Å². The van der Waals surface area contributed by atoms with Crippen LogP contribution in [-0.2, 0) is 39.3 Å². The maximum Gasteiger partial charge on any atom is 0.207 e. The molecule has 0 fully saturated rings. The third kappa shape index (κ3) is 4.82. The number of ether oxygens (including phenoxy) is 1. The number of aromatic nitrogens is 1. The van der Waals surface area contributed by atoms with E-state index in [1.54, 1.807) is 22.4 Å². The van der Waals surface area contributed by atoms with E-state index in [4.69, 9.17) is 4.74 Å². The standard InChI is InChI=1S/C15H14BrINO2S.Y/c1-3-18-14(7-6-13(17)15(18)19)11-5-4-10(8-12(11)16)20-9-21-2;/h4-6,8H,3,9H2,1-2H3;/q-1;. The molecule has 0 unspecified atom stereocenters. The van der Waals surface area contributed by atoms with Crippen LogP contribution in [0, 0.1) is 9.64 Å². The van der Waals surface area contributed by atoms with Gasteiger partial charge < -0.3 is 9.30 Å². The molecule has 1 radical (unpaired) electrons. The second-order valence-corrected chi connectivity index (χ2v) is 7.06. The Morgan fingerprint density at radius 1 is 1.45 bits per heavy atom. The third-order valence-corrected chi connectivity index (χ3v) is 4.69. The van der Waals surface area contributed by atoms with Crippen molar-refractivity contribution in [3.05, 3.63) is 48.7 Å². The fourth-order valence-corrected chi connectivity index (χ4v) is 3.18. The van der Waals surface area contributed by atoms with E-state index < -0.39 is 0 Å². The summed E-state index contributed by atoms with van der Waals surface area (Å²) in [5, 5.41) is 0. The van der Waals surface area contributed by atoms with E-state index in [0.717, 1.165) is 21.5 Å². The average molecular weight is 568 g/mol. The summed E-state index contributed by atoms with van der Waals surface area (Å²) in [5.41, 5.74) is 1.73. The van der Waals surface area contributed by atoms with Gasteiger partial charge in [-0.2, -0.15) is 12.1 Å². The number of nitrogens with zero attached hydrogens (tertiary/aromatic N) is 1. The predicted molar refractivity (Wildman–Crippen MR) is 100 cm³/mol. The van der Waals surface area contributed by atoms with Crippen LogP contribution in [0.25, 0.3) is 11.3 Å². The molecule has 0 spiro atoms. The largest absolute Gasteiger partial charge is 0.483 e. The smallest absolute Gasteiger partial charge is 0.207 e. The summed E-state index contributed by atoms with van der Waals surface area (Å²) in [6.07, 6.45) is 1.99. The Morgan fingerprint density at radius 2 is 2.18 bits per heavy atom. The first kappa shape index (κ1) is 20.7. The molecular formula is C15H14BrINO2SY-. The van der Waals surface area contributed by atoms with Crippen molar-refractivity contribution in [2.45, 2.75) is 13.5 Å². The van der Waals surface area contributed by atoms with Gasteiger partial charge in [-0.1, -0.05) is 27.2 Å². The molecule has 0 aliphatic heterocycles. The van der Waals surface area contributed by atoms with E-state index in [1.807, 2.05) is 54.0 Å². The Labute approximate surface area is 181 Å². The number of halogens is 2. The predicted octanol–water partition coefficient (Wildman–Crippen LogP) is 4.40. The van der Waals surface area contributed by atoms with Crippen LogP contribution in [0.1, 0.15) is 6.92 Å². The monoisotopic (exact) mass is 567 g/mol. The minimum absolute atomic E-state index is 0. The first-order valence-electron chi connectivity index (χ1n) is 6.31. The number of pyridine rings is 1. The van der Waals surface area contributed by atoms with Crippen molar-refractivity contribution in [1.82, 2.24) is 4.57 Å². The van der Waals surface area contributed by atoms with Crippen LogP contribution in [0.5, 0.6) is 5.75 Å². The molecule has 22 heavy (non-hydrogen) atoms. The van der Waals surface area contributed by atoms with Gasteiger partial charge in [-0.05, 0) is 33.4 Å². The van der Waals surface area contributed by atoms with E-state index in [0.29, 0.717) is 16.1 Å². The first-order valence-corrected chi connectivity index (χ1v) is 9.57. The summed E-state index contributed by atoms with van der Waals surface area (Å²) in [5.74, 6) is 1.41. The zero-order valence-corrected chi connectivity index (χ0v) is 19.6. The quantitative estimate of drug-likeness (QED) is 0.305. The molecule has 2 aromatic rings. The third-order valence-electron chi connectivity index (χ3n) is 2.91. The number of thioether (sulfide) groups is 1. The van der Waals surface area contributed by atoms with Gasteiger partial charge in [0, 0.05) is 39.3 Å². The van der Waals surface area contributed by atoms with Gasteiger partial charge in [-0.15, -0.1) is 40.4 Å². The molecule has 0 aliphatic rings. The molecule has 1 heterocycles. The maximum absolute atomic E-state index is 12.2. The summed E-state index contributed by atoms with van der Waals surface area (Å²) in [7, 11) is 0. The minimum atomic E-state index is 0. The van der Waals surface area contributed by atoms with Crippen LogP contribution in [0.3, 0.4) is 0 Å². The van der Waals surface area contributed by atoms with Crippen molar-refractivity contribution in [3.63, 3.8) is 0 Å². The van der Waals surface area contributed by atoms with Crippen LogP contribution in [0.15, 0.2) is 33.5 Å². The Balaban J connectivity index is 0.00000242. The molecule has 115 valence electrons. The maximum atomic E-state index is 12.2. The SMILES string of the molecule is CCn1c(-c2ccc(OCSC)cc2Br)[c-]cc(I)c1=O.[Y]. The second-order valence-electron chi connectivity index (χ2n) is 4.23. The van der Waals surface area contributed by atoms with Crippen LogP contribution >= 0.6 is 50.3 Å². The zero-order valence-electron chi connectivity index (χ0n) is 12.2. The van der Waals surface area contributed by atoms with Crippen molar-refractivity contribution in [2.75, 3.05) is 12.2 Å². The molecule has 1 aromatic carbocycles.